The molecule has 2 atom stereocenters. The van der Waals surface area contributed by atoms with Crippen molar-refractivity contribution >= 4 is 17.7 Å². The molecule has 194 valence electrons. The van der Waals surface area contributed by atoms with Crippen LogP contribution in [0.4, 0.5) is 0 Å². The molecule has 3 rings (SSSR count). The Kier molecular flexibility index (Phi) is 10.5. The third-order valence-electron chi connectivity index (χ3n) is 6.29. The number of esters is 1. The number of ketones is 1. The Bertz CT molecular complexity index is 1020. The Morgan fingerprint density at radius 1 is 1.06 bits per heavy atom. The largest absolute Gasteiger partial charge is 0.489 e. The molecule has 36 heavy (non-hydrogen) atoms. The van der Waals surface area contributed by atoms with Crippen LogP contribution in [-0.4, -0.2) is 68.6 Å². The Hall–Kier alpha value is -3.23. The van der Waals surface area contributed by atoms with Crippen LogP contribution in [0.25, 0.3) is 0 Å². The summed E-state index contributed by atoms with van der Waals surface area (Å²) < 4.78 is 16.3. The van der Waals surface area contributed by atoms with E-state index in [1.54, 1.807) is 6.92 Å². The normalized spacial score (nSPS) is 15.5. The van der Waals surface area contributed by atoms with Gasteiger partial charge < -0.3 is 19.5 Å². The van der Waals surface area contributed by atoms with Crippen molar-refractivity contribution in [1.29, 1.82) is 0 Å². The fourth-order valence-corrected chi connectivity index (χ4v) is 4.10. The van der Waals surface area contributed by atoms with Gasteiger partial charge in [0.25, 0.3) is 0 Å². The van der Waals surface area contributed by atoms with Gasteiger partial charge >= 0.3 is 5.97 Å². The van der Waals surface area contributed by atoms with Crippen LogP contribution in [0.1, 0.15) is 30.0 Å². The van der Waals surface area contributed by atoms with Crippen molar-refractivity contribution in [3.63, 3.8) is 0 Å². The van der Waals surface area contributed by atoms with Crippen molar-refractivity contribution in [1.82, 2.24) is 10.2 Å². The predicted molar refractivity (Wildman–Crippen MR) is 136 cm³/mol. The summed E-state index contributed by atoms with van der Waals surface area (Å²) in [5, 5.41) is 2.76. The summed E-state index contributed by atoms with van der Waals surface area (Å²) in [5.74, 6) is -0.817. The van der Waals surface area contributed by atoms with E-state index in [2.05, 4.69) is 5.32 Å². The zero-order valence-electron chi connectivity index (χ0n) is 21.3. The monoisotopic (exact) mass is 496 g/mol. The minimum absolute atomic E-state index is 0.0280. The van der Waals surface area contributed by atoms with Crippen molar-refractivity contribution in [2.45, 2.75) is 39.3 Å². The summed E-state index contributed by atoms with van der Waals surface area (Å²) in [6.45, 7) is 6.84. The average Bonchev–Trinajstić information content (AvgIpc) is 2.89. The van der Waals surface area contributed by atoms with E-state index in [-0.39, 0.29) is 24.7 Å². The number of nitrogens with one attached hydrogen (secondary N) is 1. The van der Waals surface area contributed by atoms with Gasteiger partial charge in [0.1, 0.15) is 12.4 Å². The number of nitrogens with zero attached hydrogens (tertiary/aromatic N) is 1. The number of Topliss-reactive ketones (excluding diaryl/α,β-unsaturated/α-hetero) is 1. The van der Waals surface area contributed by atoms with Gasteiger partial charge in [-0.2, -0.15) is 0 Å². The highest BCUT2D eigenvalue weighted by molar-refractivity contribution is 5.91. The number of hydrogen-bond acceptors (Lipinski definition) is 7. The molecule has 1 fully saturated rings. The zero-order chi connectivity index (χ0) is 25.9. The molecule has 1 aliphatic heterocycles. The Labute approximate surface area is 212 Å². The summed E-state index contributed by atoms with van der Waals surface area (Å²) in [5.41, 5.74) is 2.91. The highest BCUT2D eigenvalue weighted by Crippen LogP contribution is 2.24. The molecule has 0 unspecified atom stereocenters. The minimum Gasteiger partial charge on any atom is -0.489 e. The van der Waals surface area contributed by atoms with E-state index < -0.39 is 17.9 Å². The van der Waals surface area contributed by atoms with Crippen molar-refractivity contribution in [2.75, 3.05) is 40.0 Å². The lowest BCUT2D eigenvalue weighted by molar-refractivity contribution is -0.147. The highest BCUT2D eigenvalue weighted by atomic mass is 16.5. The number of ether oxygens (including phenoxy) is 3. The van der Waals surface area contributed by atoms with Gasteiger partial charge in [-0.1, -0.05) is 42.5 Å². The molecule has 1 N–H and O–H groups in total. The smallest absolute Gasteiger partial charge is 0.309 e. The maximum absolute atomic E-state index is 12.9. The van der Waals surface area contributed by atoms with Gasteiger partial charge in [0.05, 0.1) is 38.8 Å². The van der Waals surface area contributed by atoms with Crippen LogP contribution in [0.3, 0.4) is 0 Å². The molecule has 1 saturated heterocycles. The summed E-state index contributed by atoms with van der Waals surface area (Å²) in [6, 6.07) is 15.0. The van der Waals surface area contributed by atoms with Crippen molar-refractivity contribution in [3.05, 3.63) is 65.2 Å². The second-order valence-corrected chi connectivity index (χ2v) is 9.15. The number of rotatable bonds is 12. The maximum atomic E-state index is 12.9. The molecule has 1 aliphatic rings. The van der Waals surface area contributed by atoms with Crippen LogP contribution in [0.2, 0.25) is 0 Å². The van der Waals surface area contributed by atoms with Crippen molar-refractivity contribution < 1.29 is 28.6 Å². The van der Waals surface area contributed by atoms with E-state index in [1.165, 1.54) is 7.11 Å². The van der Waals surface area contributed by atoms with E-state index >= 15 is 0 Å². The van der Waals surface area contributed by atoms with Gasteiger partial charge in [0.15, 0.2) is 5.78 Å². The number of amides is 1. The SMILES string of the molecule is COC(=O)[C@@H](CC(=O)[C@H](C)NC(=O)CN1CCOCC1)Cc1ccc(C)c(OCc2ccccc2)c1. The summed E-state index contributed by atoms with van der Waals surface area (Å²) in [7, 11) is 1.32. The van der Waals surface area contributed by atoms with E-state index in [0.717, 1.165) is 22.4 Å². The quantitative estimate of drug-likeness (QED) is 0.452. The van der Waals surface area contributed by atoms with Crippen LogP contribution in [0, 0.1) is 12.8 Å². The summed E-state index contributed by atoms with van der Waals surface area (Å²) in [6.07, 6.45) is 0.300. The van der Waals surface area contributed by atoms with Gasteiger partial charge in [0, 0.05) is 19.5 Å². The maximum Gasteiger partial charge on any atom is 0.309 e. The Morgan fingerprint density at radius 2 is 1.78 bits per heavy atom. The van der Waals surface area contributed by atoms with Crippen LogP contribution in [0.5, 0.6) is 5.75 Å². The molecule has 0 bridgehead atoms. The van der Waals surface area contributed by atoms with Crippen LogP contribution in [0.15, 0.2) is 48.5 Å². The average molecular weight is 497 g/mol. The fourth-order valence-electron chi connectivity index (χ4n) is 4.10. The second-order valence-electron chi connectivity index (χ2n) is 9.15. The number of methoxy groups -OCH3 is 1. The molecule has 8 heteroatoms. The number of carbonyl (C=O) groups is 3. The molecule has 0 spiro atoms. The minimum atomic E-state index is -0.700. The first-order chi connectivity index (χ1) is 17.4. The number of aryl methyl sites for hydroxylation is 1. The van der Waals surface area contributed by atoms with Crippen LogP contribution in [-0.2, 0) is 36.9 Å². The predicted octanol–water partition coefficient (Wildman–Crippen LogP) is 2.70. The number of hydrogen-bond donors (Lipinski definition) is 1. The van der Waals surface area contributed by atoms with E-state index in [9.17, 15) is 14.4 Å². The van der Waals surface area contributed by atoms with E-state index in [4.69, 9.17) is 14.2 Å². The van der Waals surface area contributed by atoms with E-state index in [0.29, 0.717) is 39.3 Å². The standard InChI is InChI=1S/C28H36N2O6/c1-20-9-10-23(16-26(20)36-19-22-7-5-4-6-8-22)15-24(28(33)34-3)17-25(31)21(2)29-27(32)18-30-11-13-35-14-12-30/h4-10,16,21,24H,11-15,17-19H2,1-3H3,(H,29,32)/t21-,24+/m0/s1. The number of carbonyl (C=O) groups excluding carboxylic acids is 3. The van der Waals surface area contributed by atoms with Gasteiger partial charge in [-0.15, -0.1) is 0 Å². The molecular weight excluding hydrogens is 460 g/mol. The molecule has 0 aliphatic carbocycles. The lowest BCUT2D eigenvalue weighted by Crippen LogP contribution is -2.47. The van der Waals surface area contributed by atoms with E-state index in [1.807, 2.05) is 60.4 Å². The lowest BCUT2D eigenvalue weighted by Gasteiger charge is -2.26. The lowest BCUT2D eigenvalue weighted by atomic mass is 9.92. The molecule has 1 amide bonds. The fraction of sp³-hybridized carbons (Fsp3) is 0.464. The number of morpholine rings is 1. The summed E-state index contributed by atoms with van der Waals surface area (Å²) in [4.78, 5) is 39.8. The summed E-state index contributed by atoms with van der Waals surface area (Å²) >= 11 is 0. The van der Waals surface area contributed by atoms with Crippen LogP contribution >= 0.6 is 0 Å². The topological polar surface area (TPSA) is 94.2 Å². The first-order valence-corrected chi connectivity index (χ1v) is 12.3. The highest BCUT2D eigenvalue weighted by Gasteiger charge is 2.27. The molecule has 0 aromatic heterocycles. The third-order valence-corrected chi connectivity index (χ3v) is 6.29. The second kappa shape index (κ2) is 13.8. The van der Waals surface area contributed by atoms with Gasteiger partial charge in [0.2, 0.25) is 5.91 Å². The first kappa shape index (κ1) is 27.4. The van der Waals surface area contributed by atoms with Crippen LogP contribution < -0.4 is 10.1 Å². The zero-order valence-corrected chi connectivity index (χ0v) is 21.3. The van der Waals surface area contributed by atoms with Gasteiger partial charge in [-0.25, -0.2) is 0 Å². The first-order valence-electron chi connectivity index (χ1n) is 12.3. The Morgan fingerprint density at radius 3 is 2.47 bits per heavy atom. The third kappa shape index (κ3) is 8.46. The van der Waals surface area contributed by atoms with Gasteiger partial charge in [-0.05, 0) is 43.0 Å². The molecule has 2 aromatic carbocycles. The molecule has 1 heterocycles. The number of benzene rings is 2. The van der Waals surface area contributed by atoms with Crippen molar-refractivity contribution in [3.8, 4) is 5.75 Å². The molecule has 8 nitrogen and oxygen atoms in total. The van der Waals surface area contributed by atoms with Gasteiger partial charge in [-0.3, -0.25) is 19.3 Å². The molecule has 0 radical (unpaired) electrons. The molecule has 2 aromatic rings. The van der Waals surface area contributed by atoms with Crippen molar-refractivity contribution in [2.24, 2.45) is 5.92 Å². The molecular formula is C28H36N2O6. The Balaban J connectivity index is 1.58. The molecule has 0 saturated carbocycles.